The van der Waals surface area contributed by atoms with E-state index in [-0.39, 0.29) is 11.9 Å². The van der Waals surface area contributed by atoms with Crippen LogP contribution >= 0.6 is 0 Å². The molecule has 8 heteroatoms. The minimum absolute atomic E-state index is 0.172. The van der Waals surface area contributed by atoms with Crippen LogP contribution in [0.1, 0.15) is 50.6 Å². The molecule has 1 aliphatic heterocycles. The van der Waals surface area contributed by atoms with Crippen LogP contribution in [0, 0.1) is 5.82 Å². The lowest BCUT2D eigenvalue weighted by Crippen LogP contribution is -1.99. The predicted octanol–water partition coefficient (Wildman–Crippen LogP) is 5.93. The minimum atomic E-state index is -0.257. The van der Waals surface area contributed by atoms with Gasteiger partial charge in [0.1, 0.15) is 23.4 Å². The van der Waals surface area contributed by atoms with Crippen LogP contribution in [0.15, 0.2) is 36.4 Å². The number of aromatic nitrogens is 2. The second-order valence-corrected chi connectivity index (χ2v) is 7.40. The van der Waals surface area contributed by atoms with Crippen LogP contribution in [0.4, 0.5) is 15.9 Å². The van der Waals surface area contributed by atoms with E-state index >= 15 is 0 Å². The number of nitrogens with one attached hydrogen (secondary N) is 2. The summed E-state index contributed by atoms with van der Waals surface area (Å²) in [7, 11) is 4.97. The Bertz CT molecular complexity index is 1010. The van der Waals surface area contributed by atoms with Crippen LogP contribution in [0.25, 0.3) is 0 Å². The van der Waals surface area contributed by atoms with Crippen molar-refractivity contribution in [3.05, 3.63) is 59.0 Å². The summed E-state index contributed by atoms with van der Waals surface area (Å²) >= 11 is 0. The third-order valence-corrected chi connectivity index (χ3v) is 5.31. The summed E-state index contributed by atoms with van der Waals surface area (Å²) in [4.78, 5) is 0. The molecule has 0 radical (unpaired) electrons. The number of benzene rings is 2. The highest BCUT2D eigenvalue weighted by atomic mass is 19.1. The summed E-state index contributed by atoms with van der Waals surface area (Å²) in [6, 6.07) is 10.7. The zero-order chi connectivity index (χ0) is 25.1. The standard InChI is InChI=1S/C19H20FN3O2.C4H10O.C3H8O/c1-4-11-8-15(24-2)16(25-3)10-14(11)17-18-19(22-23(17)18)21-13-7-5-6-12(20)9-13;1-3-5-4-2;1-3-4-2/h5-10,17,21-22H,4H2,1-3H3;3-4H2,1-2H3;3H2,1-2H3. The van der Waals surface area contributed by atoms with Crippen LogP contribution in [-0.2, 0) is 15.9 Å². The average molecular weight is 476 g/mol. The molecule has 0 fully saturated rings. The molecule has 1 unspecified atom stereocenters. The fourth-order valence-corrected chi connectivity index (χ4v) is 3.49. The fraction of sp³-hybridized carbons (Fsp3) is 0.462. The lowest BCUT2D eigenvalue weighted by molar-refractivity contribution is 0.162. The molecule has 0 aliphatic carbocycles. The Morgan fingerprint density at radius 2 is 1.59 bits per heavy atom. The maximum Gasteiger partial charge on any atom is 0.161 e. The van der Waals surface area contributed by atoms with Crippen molar-refractivity contribution in [2.75, 3.05) is 46.5 Å². The zero-order valence-corrected chi connectivity index (χ0v) is 21.3. The van der Waals surface area contributed by atoms with Gasteiger partial charge in [-0.1, -0.05) is 13.0 Å². The van der Waals surface area contributed by atoms with Gasteiger partial charge in [-0.15, -0.1) is 0 Å². The Labute approximate surface area is 202 Å². The first-order chi connectivity index (χ1) is 16.5. The Kier molecular flexibility index (Phi) is 11.0. The molecular weight excluding hydrogens is 437 g/mol. The van der Waals surface area contributed by atoms with Gasteiger partial charge in [0, 0.05) is 32.6 Å². The number of fused-ring (bicyclic) bond motifs is 1. The molecule has 34 heavy (non-hydrogen) atoms. The molecule has 1 aliphatic rings. The monoisotopic (exact) mass is 475 g/mol. The van der Waals surface area contributed by atoms with Crippen LogP contribution in [0.3, 0.4) is 0 Å². The molecule has 0 spiro atoms. The summed E-state index contributed by atoms with van der Waals surface area (Å²) in [6.07, 6.45) is 0.903. The predicted molar refractivity (Wildman–Crippen MR) is 134 cm³/mol. The molecule has 1 aromatic heterocycles. The van der Waals surface area contributed by atoms with E-state index < -0.39 is 0 Å². The molecule has 0 saturated heterocycles. The quantitative estimate of drug-likeness (QED) is 0.314. The molecule has 0 saturated carbocycles. The highest BCUT2D eigenvalue weighted by Crippen LogP contribution is 2.50. The molecule has 188 valence electrons. The fourth-order valence-electron chi connectivity index (χ4n) is 3.49. The van der Waals surface area contributed by atoms with Gasteiger partial charge >= 0.3 is 0 Å². The molecular formula is C26H38FN3O4. The van der Waals surface area contributed by atoms with Gasteiger partial charge in [0.2, 0.25) is 0 Å². The van der Waals surface area contributed by atoms with E-state index in [0.29, 0.717) is 0 Å². The van der Waals surface area contributed by atoms with Crippen molar-refractivity contribution in [1.82, 2.24) is 9.78 Å². The first-order valence-electron chi connectivity index (χ1n) is 11.6. The summed E-state index contributed by atoms with van der Waals surface area (Å²) in [5, 5.41) is 6.49. The number of aryl methyl sites for hydroxylation is 1. The number of ether oxygens (including phenoxy) is 4. The molecule has 4 rings (SSSR count). The number of anilines is 2. The van der Waals surface area contributed by atoms with E-state index in [1.165, 1.54) is 29.0 Å². The normalized spacial score (nSPS) is 13.1. The molecule has 0 bridgehead atoms. The van der Waals surface area contributed by atoms with Crippen LogP contribution in [0.5, 0.6) is 11.5 Å². The van der Waals surface area contributed by atoms with Crippen molar-refractivity contribution in [2.24, 2.45) is 0 Å². The number of halogens is 1. The lowest BCUT2D eigenvalue weighted by atomic mass is 10.00. The van der Waals surface area contributed by atoms with Crippen molar-refractivity contribution in [3.8, 4) is 11.5 Å². The van der Waals surface area contributed by atoms with Gasteiger partial charge in [-0.25, -0.2) is 4.39 Å². The molecule has 2 aromatic carbocycles. The number of hydrogen-bond donors (Lipinski definition) is 2. The summed E-state index contributed by atoms with van der Waals surface area (Å²) in [5.74, 6) is 2.12. The van der Waals surface area contributed by atoms with Crippen LogP contribution < -0.4 is 14.8 Å². The molecule has 3 aromatic rings. The molecule has 1 atom stereocenters. The Morgan fingerprint density at radius 1 is 0.941 bits per heavy atom. The number of H-pyrrole nitrogens is 1. The first kappa shape index (κ1) is 27.3. The molecule has 0 amide bonds. The van der Waals surface area contributed by atoms with E-state index in [1.807, 2.05) is 39.0 Å². The number of nitrogens with zero attached hydrogens (tertiary/aromatic N) is 1. The summed E-state index contributed by atoms with van der Waals surface area (Å²) in [6.45, 7) is 10.6. The molecule has 7 nitrogen and oxygen atoms in total. The van der Waals surface area contributed by atoms with Gasteiger partial charge < -0.3 is 24.3 Å². The van der Waals surface area contributed by atoms with E-state index in [9.17, 15) is 4.39 Å². The van der Waals surface area contributed by atoms with Crippen LogP contribution in [-0.4, -0.2) is 50.9 Å². The third kappa shape index (κ3) is 6.77. The smallest absolute Gasteiger partial charge is 0.161 e. The second-order valence-electron chi connectivity index (χ2n) is 7.40. The largest absolute Gasteiger partial charge is 0.493 e. The Balaban J connectivity index is 0.000000391. The van der Waals surface area contributed by atoms with Crippen molar-refractivity contribution < 1.29 is 23.3 Å². The summed E-state index contributed by atoms with van der Waals surface area (Å²) < 4.78 is 35.6. The molecule has 2 N–H and O–H groups in total. The second kappa shape index (κ2) is 13.7. The summed E-state index contributed by atoms with van der Waals surface area (Å²) in [5.41, 5.74) is 4.31. The minimum Gasteiger partial charge on any atom is -0.493 e. The zero-order valence-electron chi connectivity index (χ0n) is 21.3. The maximum absolute atomic E-state index is 13.3. The number of rotatable bonds is 9. The van der Waals surface area contributed by atoms with Gasteiger partial charge in [0.25, 0.3) is 0 Å². The van der Waals surface area contributed by atoms with E-state index in [1.54, 1.807) is 27.4 Å². The van der Waals surface area contributed by atoms with Crippen molar-refractivity contribution in [1.29, 1.82) is 0 Å². The SMILES string of the molecule is CCOC.CCOCC.CCc1cc(OC)c(OC)cc1C1c2c(Nc3cccc(F)c3)[nH]n21. The first-order valence-corrected chi connectivity index (χ1v) is 11.6. The number of aromatic amines is 1. The maximum atomic E-state index is 13.3. The number of hydrogen-bond acceptors (Lipinski definition) is 5. The van der Waals surface area contributed by atoms with E-state index in [2.05, 4.69) is 26.8 Å². The lowest BCUT2D eigenvalue weighted by Gasteiger charge is -2.13. The van der Waals surface area contributed by atoms with Crippen molar-refractivity contribution in [3.63, 3.8) is 0 Å². The molecule has 2 heterocycles. The van der Waals surface area contributed by atoms with Gasteiger partial charge in [0.15, 0.2) is 11.5 Å². The van der Waals surface area contributed by atoms with Crippen molar-refractivity contribution in [2.45, 2.75) is 40.2 Å². The topological polar surface area (TPSA) is 69.7 Å². The van der Waals surface area contributed by atoms with Crippen LogP contribution in [0.2, 0.25) is 0 Å². The average Bonchev–Trinajstić information content (AvgIpc) is 3.46. The van der Waals surface area contributed by atoms with Gasteiger partial charge in [0.05, 0.1) is 14.2 Å². The van der Waals surface area contributed by atoms with Gasteiger partial charge in [-0.2, -0.15) is 0 Å². The number of methoxy groups -OCH3 is 3. The van der Waals surface area contributed by atoms with Gasteiger partial charge in [-0.05, 0) is 68.7 Å². The Hall–Kier alpha value is -2.97. The van der Waals surface area contributed by atoms with Gasteiger partial charge in [-0.3, -0.25) is 9.78 Å². The van der Waals surface area contributed by atoms with E-state index in [0.717, 1.165) is 49.2 Å². The van der Waals surface area contributed by atoms with Crippen molar-refractivity contribution >= 4 is 11.5 Å². The highest BCUT2D eigenvalue weighted by molar-refractivity contribution is 5.67. The Morgan fingerprint density at radius 3 is 2.09 bits per heavy atom. The highest BCUT2D eigenvalue weighted by Gasteiger charge is 2.43. The third-order valence-electron chi connectivity index (χ3n) is 5.31. The van der Waals surface area contributed by atoms with E-state index in [4.69, 9.17) is 14.2 Å².